The fraction of sp³-hybridized carbons (Fsp3) is 0.500. The zero-order valence-electron chi connectivity index (χ0n) is 14.5. The van der Waals surface area contributed by atoms with E-state index in [9.17, 15) is 0 Å². The molecule has 0 saturated carbocycles. The molecule has 1 N–H and O–H groups in total. The highest BCUT2D eigenvalue weighted by Gasteiger charge is 2.21. The maximum absolute atomic E-state index is 3.48. The Bertz CT molecular complexity index is 597. The van der Waals surface area contributed by atoms with Crippen LogP contribution >= 0.6 is 24.8 Å². The number of nitrogens with one attached hydrogen (secondary N) is 1. The Balaban J connectivity index is 0.00000144. The molecule has 0 amide bonds. The number of fused-ring (bicyclic) bond motifs is 1. The van der Waals surface area contributed by atoms with E-state index < -0.39 is 0 Å². The van der Waals surface area contributed by atoms with Crippen molar-refractivity contribution < 1.29 is 0 Å². The number of nitrogens with zero attached hydrogens (tertiary/aromatic N) is 1. The summed E-state index contributed by atoms with van der Waals surface area (Å²) >= 11 is 0. The summed E-state index contributed by atoms with van der Waals surface area (Å²) in [5, 5.41) is 6.19. The standard InChI is InChI=1S/C20H28N2.2ClH/c1-2-3-4-9-20(22-14-12-21-13-15-22)19-11-10-17-7-5-6-8-18(17)16-19;;/h5-8,10-11,16,20-21H,2-4,9,12-15H2,1H3;2*1H/t20-;;/m0../s1. The second kappa shape index (κ2) is 10.9. The van der Waals surface area contributed by atoms with Gasteiger partial charge >= 0.3 is 0 Å². The lowest BCUT2D eigenvalue weighted by Gasteiger charge is -2.35. The number of hydrogen-bond donors (Lipinski definition) is 1. The van der Waals surface area contributed by atoms with Gasteiger partial charge in [-0.15, -0.1) is 24.8 Å². The van der Waals surface area contributed by atoms with Gasteiger partial charge in [-0.1, -0.05) is 62.6 Å². The molecule has 2 nitrogen and oxygen atoms in total. The van der Waals surface area contributed by atoms with Crippen LogP contribution in [0.2, 0.25) is 0 Å². The van der Waals surface area contributed by atoms with Crippen molar-refractivity contribution in [2.45, 2.75) is 38.6 Å². The number of unbranched alkanes of at least 4 members (excludes halogenated alkanes) is 2. The Labute approximate surface area is 158 Å². The van der Waals surface area contributed by atoms with Crippen molar-refractivity contribution >= 4 is 35.6 Å². The van der Waals surface area contributed by atoms with E-state index in [0.29, 0.717) is 6.04 Å². The number of piperazine rings is 1. The molecular weight excluding hydrogens is 339 g/mol. The molecular formula is C20H30Cl2N2. The van der Waals surface area contributed by atoms with Crippen molar-refractivity contribution in [1.29, 1.82) is 0 Å². The number of halogens is 2. The molecule has 24 heavy (non-hydrogen) atoms. The van der Waals surface area contributed by atoms with Crippen LogP contribution in [0.3, 0.4) is 0 Å². The number of benzene rings is 2. The van der Waals surface area contributed by atoms with E-state index in [4.69, 9.17) is 0 Å². The zero-order chi connectivity index (χ0) is 15.2. The maximum Gasteiger partial charge on any atom is 0.0349 e. The minimum atomic E-state index is 0. The van der Waals surface area contributed by atoms with E-state index in [2.05, 4.69) is 59.6 Å². The van der Waals surface area contributed by atoms with Gasteiger partial charge in [-0.05, 0) is 28.8 Å². The summed E-state index contributed by atoms with van der Waals surface area (Å²) in [6.07, 6.45) is 5.26. The molecule has 0 aliphatic carbocycles. The Morgan fingerprint density at radius 3 is 2.38 bits per heavy atom. The normalized spacial score (nSPS) is 16.2. The molecule has 0 unspecified atom stereocenters. The van der Waals surface area contributed by atoms with E-state index in [-0.39, 0.29) is 24.8 Å². The Hall–Kier alpha value is -0.800. The van der Waals surface area contributed by atoms with Crippen molar-refractivity contribution in [3.63, 3.8) is 0 Å². The molecule has 3 rings (SSSR count). The summed E-state index contributed by atoms with van der Waals surface area (Å²) in [4.78, 5) is 2.68. The van der Waals surface area contributed by atoms with E-state index in [1.165, 1.54) is 55.1 Å². The molecule has 0 spiro atoms. The lowest BCUT2D eigenvalue weighted by molar-refractivity contribution is 0.163. The fourth-order valence-corrected chi connectivity index (χ4v) is 3.56. The molecule has 134 valence electrons. The highest BCUT2D eigenvalue weighted by Crippen LogP contribution is 2.29. The van der Waals surface area contributed by atoms with Gasteiger partial charge in [-0.25, -0.2) is 0 Å². The summed E-state index contributed by atoms with van der Waals surface area (Å²) in [5.74, 6) is 0. The van der Waals surface area contributed by atoms with E-state index in [0.717, 1.165) is 13.1 Å². The molecule has 1 atom stereocenters. The Kier molecular flexibility index (Phi) is 9.68. The third kappa shape index (κ3) is 5.35. The van der Waals surface area contributed by atoms with Gasteiger partial charge in [0.05, 0.1) is 0 Å². The smallest absolute Gasteiger partial charge is 0.0349 e. The Morgan fingerprint density at radius 1 is 0.958 bits per heavy atom. The molecule has 0 radical (unpaired) electrons. The van der Waals surface area contributed by atoms with Gasteiger partial charge < -0.3 is 5.32 Å². The van der Waals surface area contributed by atoms with Crippen molar-refractivity contribution in [1.82, 2.24) is 10.2 Å². The van der Waals surface area contributed by atoms with Crippen LogP contribution in [0, 0.1) is 0 Å². The van der Waals surface area contributed by atoms with Gasteiger partial charge in [0.25, 0.3) is 0 Å². The van der Waals surface area contributed by atoms with Crippen LogP contribution in [0.25, 0.3) is 10.8 Å². The zero-order valence-corrected chi connectivity index (χ0v) is 16.2. The molecule has 1 saturated heterocycles. The van der Waals surface area contributed by atoms with Crippen LogP contribution in [-0.4, -0.2) is 31.1 Å². The average Bonchev–Trinajstić information content (AvgIpc) is 2.59. The van der Waals surface area contributed by atoms with Gasteiger partial charge in [0, 0.05) is 32.2 Å². The largest absolute Gasteiger partial charge is 0.314 e. The third-order valence-corrected chi connectivity index (χ3v) is 4.83. The van der Waals surface area contributed by atoms with Crippen molar-refractivity contribution in [2.24, 2.45) is 0 Å². The van der Waals surface area contributed by atoms with Crippen LogP contribution in [0.1, 0.15) is 44.2 Å². The quantitative estimate of drug-likeness (QED) is 0.703. The molecule has 0 bridgehead atoms. The van der Waals surface area contributed by atoms with Crippen LogP contribution < -0.4 is 5.32 Å². The monoisotopic (exact) mass is 368 g/mol. The second-order valence-corrected chi connectivity index (χ2v) is 6.40. The molecule has 2 aromatic rings. The molecule has 0 aromatic heterocycles. The molecule has 1 aliphatic rings. The highest BCUT2D eigenvalue weighted by molar-refractivity contribution is 5.85. The summed E-state index contributed by atoms with van der Waals surface area (Å²) in [7, 11) is 0. The van der Waals surface area contributed by atoms with E-state index in [1.54, 1.807) is 0 Å². The van der Waals surface area contributed by atoms with Crippen molar-refractivity contribution in [3.05, 3.63) is 48.0 Å². The first kappa shape index (κ1) is 21.2. The van der Waals surface area contributed by atoms with E-state index >= 15 is 0 Å². The third-order valence-electron chi connectivity index (χ3n) is 4.83. The summed E-state index contributed by atoms with van der Waals surface area (Å²) in [5.41, 5.74) is 1.50. The molecule has 1 heterocycles. The van der Waals surface area contributed by atoms with Gasteiger partial charge in [-0.3, -0.25) is 4.90 Å². The van der Waals surface area contributed by atoms with Gasteiger partial charge in [-0.2, -0.15) is 0 Å². The summed E-state index contributed by atoms with van der Waals surface area (Å²) in [6.45, 7) is 6.87. The van der Waals surface area contributed by atoms with Gasteiger partial charge in [0.1, 0.15) is 0 Å². The maximum atomic E-state index is 3.48. The minimum absolute atomic E-state index is 0. The van der Waals surface area contributed by atoms with Crippen LogP contribution in [-0.2, 0) is 0 Å². The van der Waals surface area contributed by atoms with Crippen molar-refractivity contribution in [2.75, 3.05) is 26.2 Å². The van der Waals surface area contributed by atoms with Crippen LogP contribution in [0.15, 0.2) is 42.5 Å². The number of rotatable bonds is 6. The van der Waals surface area contributed by atoms with Crippen LogP contribution in [0.5, 0.6) is 0 Å². The lowest BCUT2D eigenvalue weighted by Crippen LogP contribution is -2.45. The molecule has 1 fully saturated rings. The molecule has 1 aliphatic heterocycles. The predicted octanol–water partition coefficient (Wildman–Crippen LogP) is 5.21. The first-order valence-corrected chi connectivity index (χ1v) is 8.82. The minimum Gasteiger partial charge on any atom is -0.314 e. The average molecular weight is 369 g/mol. The molecule has 4 heteroatoms. The number of hydrogen-bond acceptors (Lipinski definition) is 2. The highest BCUT2D eigenvalue weighted by atomic mass is 35.5. The predicted molar refractivity (Wildman–Crippen MR) is 110 cm³/mol. The second-order valence-electron chi connectivity index (χ2n) is 6.40. The summed E-state index contributed by atoms with van der Waals surface area (Å²) < 4.78 is 0. The summed E-state index contributed by atoms with van der Waals surface area (Å²) in [6, 6.07) is 16.3. The lowest BCUT2D eigenvalue weighted by atomic mass is 9.96. The fourth-order valence-electron chi connectivity index (χ4n) is 3.56. The van der Waals surface area contributed by atoms with Gasteiger partial charge in [0.2, 0.25) is 0 Å². The first-order chi connectivity index (χ1) is 10.9. The Morgan fingerprint density at radius 2 is 1.67 bits per heavy atom. The topological polar surface area (TPSA) is 15.3 Å². The van der Waals surface area contributed by atoms with E-state index in [1.807, 2.05) is 0 Å². The van der Waals surface area contributed by atoms with Gasteiger partial charge in [0.15, 0.2) is 0 Å². The molecule has 2 aromatic carbocycles. The van der Waals surface area contributed by atoms with Crippen LogP contribution in [0.4, 0.5) is 0 Å². The SMILES string of the molecule is CCCCC[C@@H](c1ccc2ccccc2c1)N1CCNCC1.Cl.Cl. The van der Waals surface area contributed by atoms with Crippen molar-refractivity contribution in [3.8, 4) is 0 Å². The first-order valence-electron chi connectivity index (χ1n) is 8.82.